The Hall–Kier alpha value is -4.06. The van der Waals surface area contributed by atoms with E-state index in [1.807, 2.05) is 55.6 Å². The number of carbonyl (C=O) groups is 2. The van der Waals surface area contributed by atoms with Crippen molar-refractivity contribution in [2.24, 2.45) is 0 Å². The van der Waals surface area contributed by atoms with Crippen LogP contribution in [0.5, 0.6) is 0 Å². The van der Waals surface area contributed by atoms with Gasteiger partial charge in [-0.05, 0) is 46.9 Å². The van der Waals surface area contributed by atoms with Crippen LogP contribution in [0.25, 0.3) is 22.0 Å². The number of hydrogen-bond donors (Lipinski definition) is 2. The number of aromatic nitrogens is 1. The second-order valence-corrected chi connectivity index (χ2v) is 8.84. The van der Waals surface area contributed by atoms with E-state index in [4.69, 9.17) is 4.74 Å². The minimum atomic E-state index is -1.07. The summed E-state index contributed by atoms with van der Waals surface area (Å²) in [5.74, 6) is -1.15. The summed E-state index contributed by atoms with van der Waals surface area (Å²) in [6, 6.07) is 21.2. The van der Waals surface area contributed by atoms with Gasteiger partial charge in [0, 0.05) is 36.5 Å². The molecule has 1 amide bonds. The van der Waals surface area contributed by atoms with Crippen LogP contribution in [0, 0.1) is 6.92 Å². The summed E-state index contributed by atoms with van der Waals surface area (Å²) in [6.07, 6.45) is 1.34. The molecule has 6 nitrogen and oxygen atoms in total. The number of likely N-dealkylation sites (N-methyl/N-ethyl adjacent to an activating group) is 1. The van der Waals surface area contributed by atoms with Crippen LogP contribution in [0.3, 0.4) is 0 Å². The number of hydrogen-bond acceptors (Lipinski definition) is 3. The van der Waals surface area contributed by atoms with Gasteiger partial charge in [0.1, 0.15) is 12.6 Å². The molecule has 1 heterocycles. The number of ether oxygens (including phenoxy) is 1. The van der Waals surface area contributed by atoms with Crippen molar-refractivity contribution in [3.05, 3.63) is 95.2 Å². The Kier molecular flexibility index (Phi) is 5.57. The maximum atomic E-state index is 12.9. The number of amides is 1. The van der Waals surface area contributed by atoms with Crippen molar-refractivity contribution in [2.45, 2.75) is 25.3 Å². The van der Waals surface area contributed by atoms with Gasteiger partial charge in [-0.2, -0.15) is 0 Å². The third-order valence-corrected chi connectivity index (χ3v) is 6.71. The third kappa shape index (κ3) is 3.81. The first kappa shape index (κ1) is 21.8. The van der Waals surface area contributed by atoms with E-state index in [1.54, 1.807) is 0 Å². The first-order chi connectivity index (χ1) is 16.4. The minimum Gasteiger partial charge on any atom is -0.480 e. The molecule has 0 saturated carbocycles. The molecule has 0 aliphatic heterocycles. The molecule has 34 heavy (non-hydrogen) atoms. The zero-order chi connectivity index (χ0) is 23.8. The molecule has 1 aliphatic rings. The highest BCUT2D eigenvalue weighted by Crippen LogP contribution is 2.44. The van der Waals surface area contributed by atoms with E-state index in [2.05, 4.69) is 29.2 Å². The average molecular weight is 455 g/mol. The second-order valence-electron chi connectivity index (χ2n) is 8.84. The molecule has 0 bridgehead atoms. The summed E-state index contributed by atoms with van der Waals surface area (Å²) in [5.41, 5.74) is 7.39. The summed E-state index contributed by atoms with van der Waals surface area (Å²) in [4.78, 5) is 29.4. The molecule has 1 atom stereocenters. The van der Waals surface area contributed by atoms with Crippen molar-refractivity contribution in [2.75, 3.05) is 13.7 Å². The fourth-order valence-electron chi connectivity index (χ4n) is 4.88. The molecule has 1 aliphatic carbocycles. The summed E-state index contributed by atoms with van der Waals surface area (Å²) >= 11 is 0. The van der Waals surface area contributed by atoms with Crippen molar-refractivity contribution in [3.8, 4) is 11.1 Å². The van der Waals surface area contributed by atoms with E-state index in [0.717, 1.165) is 44.3 Å². The number of H-pyrrole nitrogens is 1. The van der Waals surface area contributed by atoms with Crippen LogP contribution in [0.2, 0.25) is 0 Å². The Morgan fingerprint density at radius 1 is 1.03 bits per heavy atom. The summed E-state index contributed by atoms with van der Waals surface area (Å²) < 4.78 is 5.67. The van der Waals surface area contributed by atoms with Gasteiger partial charge < -0.3 is 14.8 Å². The van der Waals surface area contributed by atoms with Crippen LogP contribution in [-0.4, -0.2) is 46.7 Å². The van der Waals surface area contributed by atoms with Crippen molar-refractivity contribution in [1.29, 1.82) is 0 Å². The number of aliphatic carboxylic acids is 1. The largest absolute Gasteiger partial charge is 0.480 e. The molecule has 1 aromatic heterocycles. The fourth-order valence-corrected chi connectivity index (χ4v) is 4.88. The lowest BCUT2D eigenvalue weighted by Gasteiger charge is -2.25. The van der Waals surface area contributed by atoms with Crippen LogP contribution in [0.15, 0.2) is 72.9 Å². The first-order valence-corrected chi connectivity index (χ1v) is 11.3. The zero-order valence-corrected chi connectivity index (χ0v) is 19.1. The SMILES string of the molecule is Cc1ccc2[nH]cc(C[C@@H](C(=O)O)N(C)C(=O)OCC3c4ccccc4-c4ccccc43)c2c1. The van der Waals surface area contributed by atoms with E-state index in [9.17, 15) is 14.7 Å². The molecule has 2 N–H and O–H groups in total. The topological polar surface area (TPSA) is 82.6 Å². The van der Waals surface area contributed by atoms with Gasteiger partial charge in [-0.1, -0.05) is 60.2 Å². The summed E-state index contributed by atoms with van der Waals surface area (Å²) in [5, 5.41) is 10.9. The van der Waals surface area contributed by atoms with Gasteiger partial charge in [0.15, 0.2) is 0 Å². The van der Waals surface area contributed by atoms with Crippen molar-refractivity contribution in [3.63, 3.8) is 0 Å². The Morgan fingerprint density at radius 3 is 2.32 bits per heavy atom. The number of carbonyl (C=O) groups excluding carboxylic acids is 1. The molecule has 3 aromatic carbocycles. The molecule has 0 saturated heterocycles. The molecule has 172 valence electrons. The second kappa shape index (κ2) is 8.71. The number of nitrogens with zero attached hydrogens (tertiary/aromatic N) is 1. The van der Waals surface area contributed by atoms with Gasteiger partial charge in [-0.3, -0.25) is 4.90 Å². The van der Waals surface area contributed by atoms with Crippen molar-refractivity contribution < 1.29 is 19.4 Å². The molecule has 0 fully saturated rings. The molecule has 0 unspecified atom stereocenters. The van der Waals surface area contributed by atoms with Crippen LogP contribution in [0.1, 0.15) is 28.2 Å². The van der Waals surface area contributed by atoms with E-state index in [0.29, 0.717) is 0 Å². The number of aromatic amines is 1. The number of benzene rings is 3. The molecule has 0 radical (unpaired) electrons. The third-order valence-electron chi connectivity index (χ3n) is 6.71. The van der Waals surface area contributed by atoms with Crippen molar-refractivity contribution in [1.82, 2.24) is 9.88 Å². The number of aryl methyl sites for hydroxylation is 1. The molecule has 0 spiro atoms. The fraction of sp³-hybridized carbons (Fsp3) is 0.214. The number of carboxylic acids is 1. The zero-order valence-electron chi connectivity index (χ0n) is 19.1. The van der Waals surface area contributed by atoms with E-state index in [1.165, 1.54) is 11.9 Å². The maximum absolute atomic E-state index is 12.9. The van der Waals surface area contributed by atoms with Crippen molar-refractivity contribution >= 4 is 23.0 Å². The summed E-state index contributed by atoms with van der Waals surface area (Å²) in [6.45, 7) is 2.14. The average Bonchev–Trinajstić information content (AvgIpc) is 3.38. The molecular formula is C28H26N2O4. The lowest BCUT2D eigenvalue weighted by molar-refractivity contribution is -0.142. The Bertz CT molecular complexity index is 1340. The first-order valence-electron chi connectivity index (χ1n) is 11.3. The molecule has 4 aromatic rings. The number of rotatable bonds is 6. The number of nitrogens with one attached hydrogen (secondary N) is 1. The lowest BCUT2D eigenvalue weighted by Crippen LogP contribution is -2.44. The molecule has 5 rings (SSSR count). The smallest absolute Gasteiger partial charge is 0.410 e. The van der Waals surface area contributed by atoms with Gasteiger partial charge in [0.2, 0.25) is 0 Å². The van der Waals surface area contributed by atoms with Gasteiger partial charge in [-0.25, -0.2) is 9.59 Å². The Balaban J connectivity index is 1.33. The van der Waals surface area contributed by atoms with E-state index >= 15 is 0 Å². The number of carboxylic acid groups (broad SMARTS) is 1. The van der Waals surface area contributed by atoms with E-state index < -0.39 is 18.1 Å². The standard InChI is InChI=1S/C28H26N2O4/c1-17-11-12-25-23(13-17)18(15-29-25)14-26(27(31)32)30(2)28(33)34-16-24-21-9-5-3-7-19(21)20-8-4-6-10-22(20)24/h3-13,15,24,26,29H,14,16H2,1-2H3,(H,31,32)/t26-/m0/s1. The predicted molar refractivity (Wildman–Crippen MR) is 131 cm³/mol. The maximum Gasteiger partial charge on any atom is 0.410 e. The number of fused-ring (bicyclic) bond motifs is 4. The van der Waals surface area contributed by atoms with Crippen LogP contribution < -0.4 is 0 Å². The predicted octanol–water partition coefficient (Wildman–Crippen LogP) is 5.35. The van der Waals surface area contributed by atoms with Crippen LogP contribution in [-0.2, 0) is 16.0 Å². The van der Waals surface area contributed by atoms with Gasteiger partial charge in [0.25, 0.3) is 0 Å². The van der Waals surface area contributed by atoms with Gasteiger partial charge in [0.05, 0.1) is 0 Å². The molecular weight excluding hydrogens is 428 g/mol. The molecule has 6 heteroatoms. The van der Waals surface area contributed by atoms with Gasteiger partial charge in [-0.15, -0.1) is 0 Å². The highest BCUT2D eigenvalue weighted by Gasteiger charge is 2.32. The Morgan fingerprint density at radius 2 is 1.68 bits per heavy atom. The highest BCUT2D eigenvalue weighted by molar-refractivity contribution is 5.86. The Labute approximate surface area is 197 Å². The summed E-state index contributed by atoms with van der Waals surface area (Å²) in [7, 11) is 1.48. The monoisotopic (exact) mass is 454 g/mol. The minimum absolute atomic E-state index is 0.0791. The van der Waals surface area contributed by atoms with E-state index in [-0.39, 0.29) is 18.9 Å². The van der Waals surface area contributed by atoms with Crippen LogP contribution in [0.4, 0.5) is 4.79 Å². The normalized spacial score (nSPS) is 13.4. The van der Waals surface area contributed by atoms with Crippen LogP contribution >= 0.6 is 0 Å². The van der Waals surface area contributed by atoms with Gasteiger partial charge >= 0.3 is 12.1 Å². The lowest BCUT2D eigenvalue weighted by atomic mass is 9.98. The highest BCUT2D eigenvalue weighted by atomic mass is 16.6. The quantitative estimate of drug-likeness (QED) is 0.411.